The third-order valence-electron chi connectivity index (χ3n) is 5.26. The summed E-state index contributed by atoms with van der Waals surface area (Å²) in [4.78, 5) is 16.5. The topological polar surface area (TPSA) is 79.9 Å². The smallest absolute Gasteiger partial charge is 0.341 e. The highest BCUT2D eigenvalue weighted by atomic mass is 16.5. The van der Waals surface area contributed by atoms with Crippen LogP contribution in [0.15, 0.2) is 61.3 Å². The van der Waals surface area contributed by atoms with Crippen LogP contribution in [0, 0.1) is 6.92 Å². The monoisotopic (exact) mass is 432 g/mol. The summed E-state index contributed by atoms with van der Waals surface area (Å²) in [5, 5.41) is 4.20. The van der Waals surface area contributed by atoms with Crippen LogP contribution in [0.3, 0.4) is 0 Å². The van der Waals surface area contributed by atoms with E-state index in [1.807, 2.05) is 61.1 Å². The van der Waals surface area contributed by atoms with Crippen LogP contribution in [0.2, 0.25) is 0 Å². The molecule has 8 heteroatoms. The Morgan fingerprint density at radius 2 is 1.97 bits per heavy atom. The van der Waals surface area contributed by atoms with Crippen LogP contribution in [0.4, 0.5) is 0 Å². The first-order valence-corrected chi connectivity index (χ1v) is 10.0. The molecule has 2 aromatic carbocycles. The molecule has 0 spiro atoms. The molecule has 8 nitrogen and oxygen atoms in total. The average Bonchev–Trinajstić information content (AvgIpc) is 3.39. The van der Waals surface area contributed by atoms with E-state index < -0.39 is 5.97 Å². The van der Waals surface area contributed by atoms with Crippen LogP contribution in [0.1, 0.15) is 16.7 Å². The van der Waals surface area contributed by atoms with E-state index in [1.165, 1.54) is 26.8 Å². The first kappa shape index (κ1) is 21.2. The lowest BCUT2D eigenvalue weighted by molar-refractivity contribution is -0.133. The maximum Gasteiger partial charge on any atom is 0.341 e. The normalized spacial score (nSPS) is 11.6. The van der Waals surface area contributed by atoms with Gasteiger partial charge in [0, 0.05) is 12.6 Å². The molecule has 0 aliphatic rings. The Bertz CT molecular complexity index is 1300. The first-order chi connectivity index (χ1) is 15.5. The Labute approximate surface area is 185 Å². The van der Waals surface area contributed by atoms with Crippen LogP contribution in [0.25, 0.3) is 22.6 Å². The molecule has 0 aliphatic carbocycles. The van der Waals surface area contributed by atoms with E-state index in [4.69, 9.17) is 14.2 Å². The van der Waals surface area contributed by atoms with E-state index in [0.717, 1.165) is 33.9 Å². The Morgan fingerprint density at radius 1 is 1.16 bits per heavy atom. The molecule has 0 atom stereocenters. The zero-order valence-electron chi connectivity index (χ0n) is 18.4. The fourth-order valence-electron chi connectivity index (χ4n) is 3.64. The van der Waals surface area contributed by atoms with E-state index in [0.29, 0.717) is 11.1 Å². The van der Waals surface area contributed by atoms with Gasteiger partial charge < -0.3 is 18.8 Å². The summed E-state index contributed by atoms with van der Waals surface area (Å²) in [6.45, 7) is 2.29. The molecule has 164 valence electrons. The number of benzene rings is 2. The molecular weight excluding hydrogens is 408 g/mol. The SMILES string of the molecule is CO/C=C(\C(=O)OC)c1ccccc1COc1ccc(-c2cn3ncnc3n2C)cc1C. The molecule has 0 amide bonds. The van der Waals surface area contributed by atoms with Gasteiger partial charge >= 0.3 is 5.97 Å². The number of nitrogens with zero attached hydrogens (tertiary/aromatic N) is 4. The van der Waals surface area contributed by atoms with Crippen LogP contribution >= 0.6 is 0 Å². The molecular formula is C24H24N4O4. The number of aromatic nitrogens is 4. The van der Waals surface area contributed by atoms with Gasteiger partial charge in [-0.1, -0.05) is 24.3 Å². The van der Waals surface area contributed by atoms with E-state index >= 15 is 0 Å². The van der Waals surface area contributed by atoms with E-state index in [1.54, 1.807) is 4.52 Å². The summed E-state index contributed by atoms with van der Waals surface area (Å²) >= 11 is 0. The average molecular weight is 432 g/mol. The van der Waals surface area contributed by atoms with Crippen molar-refractivity contribution in [3.8, 4) is 17.0 Å². The second kappa shape index (κ2) is 8.97. The molecule has 0 fully saturated rings. The van der Waals surface area contributed by atoms with Crippen LogP contribution in [-0.2, 0) is 27.9 Å². The van der Waals surface area contributed by atoms with E-state index in [9.17, 15) is 4.79 Å². The summed E-state index contributed by atoms with van der Waals surface area (Å²) in [5.74, 6) is 1.07. The second-order valence-electron chi connectivity index (χ2n) is 7.26. The number of imidazole rings is 1. The van der Waals surface area contributed by atoms with Crippen molar-refractivity contribution < 1.29 is 19.0 Å². The van der Waals surface area contributed by atoms with Gasteiger partial charge in [-0.15, -0.1) is 0 Å². The van der Waals surface area contributed by atoms with Crippen molar-refractivity contribution in [2.75, 3.05) is 14.2 Å². The standard InChI is InChI=1S/C24H24N4O4/c1-16-11-17(21-12-28-24(27(21)2)25-15-26-28)9-10-22(16)32-13-18-7-5-6-8-19(18)20(14-30-3)23(29)31-4/h5-12,14-15H,13H2,1-4H3/b20-14-. The lowest BCUT2D eigenvalue weighted by Crippen LogP contribution is -2.08. The van der Waals surface area contributed by atoms with Crippen molar-refractivity contribution in [2.45, 2.75) is 13.5 Å². The quantitative estimate of drug-likeness (QED) is 0.251. The fraction of sp³-hybridized carbons (Fsp3) is 0.208. The van der Waals surface area contributed by atoms with Crippen LogP contribution < -0.4 is 4.74 Å². The second-order valence-corrected chi connectivity index (χ2v) is 7.26. The summed E-state index contributed by atoms with van der Waals surface area (Å²) < 4.78 is 19.8. The minimum atomic E-state index is -0.469. The summed E-state index contributed by atoms with van der Waals surface area (Å²) in [5.41, 5.74) is 4.93. The van der Waals surface area contributed by atoms with Gasteiger partial charge in [0.2, 0.25) is 5.78 Å². The Kier molecular flexibility index (Phi) is 5.93. The predicted octanol–water partition coefficient (Wildman–Crippen LogP) is 3.78. The number of rotatable bonds is 7. The summed E-state index contributed by atoms with van der Waals surface area (Å²) in [6, 6.07) is 13.5. The number of ether oxygens (including phenoxy) is 3. The lowest BCUT2D eigenvalue weighted by atomic mass is 10.0. The molecule has 0 aliphatic heterocycles. The third kappa shape index (κ3) is 3.94. The van der Waals surface area contributed by atoms with Crippen molar-refractivity contribution in [2.24, 2.45) is 7.05 Å². The van der Waals surface area contributed by atoms with Crippen molar-refractivity contribution in [3.63, 3.8) is 0 Å². The van der Waals surface area contributed by atoms with E-state index in [2.05, 4.69) is 16.1 Å². The molecule has 0 unspecified atom stereocenters. The van der Waals surface area contributed by atoms with Gasteiger partial charge in [0.25, 0.3) is 0 Å². The van der Waals surface area contributed by atoms with Gasteiger partial charge in [-0.3, -0.25) is 0 Å². The maximum atomic E-state index is 12.2. The highest BCUT2D eigenvalue weighted by molar-refractivity contribution is 6.16. The highest BCUT2D eigenvalue weighted by Crippen LogP contribution is 2.29. The van der Waals surface area contributed by atoms with Crippen LogP contribution in [0.5, 0.6) is 5.75 Å². The van der Waals surface area contributed by atoms with E-state index in [-0.39, 0.29) is 6.61 Å². The first-order valence-electron chi connectivity index (χ1n) is 10.0. The highest BCUT2D eigenvalue weighted by Gasteiger charge is 2.17. The molecule has 2 aromatic heterocycles. The van der Waals surface area contributed by atoms with Gasteiger partial charge in [0.15, 0.2) is 0 Å². The molecule has 0 saturated carbocycles. The van der Waals surface area contributed by atoms with Gasteiger partial charge in [-0.2, -0.15) is 10.1 Å². The maximum absolute atomic E-state index is 12.2. The summed E-state index contributed by atoms with van der Waals surface area (Å²) in [6.07, 6.45) is 4.87. The molecule has 0 radical (unpaired) electrons. The number of hydrogen-bond acceptors (Lipinski definition) is 6. The van der Waals surface area contributed by atoms with Crippen LogP contribution in [-0.4, -0.2) is 39.4 Å². The van der Waals surface area contributed by atoms with Gasteiger partial charge in [0.05, 0.1) is 32.4 Å². The molecule has 0 saturated heterocycles. The molecule has 0 bridgehead atoms. The Balaban J connectivity index is 1.58. The molecule has 4 rings (SSSR count). The third-order valence-corrected chi connectivity index (χ3v) is 5.26. The molecule has 2 heterocycles. The van der Waals surface area contributed by atoms with Crippen molar-refractivity contribution in [1.29, 1.82) is 0 Å². The number of aryl methyl sites for hydroxylation is 2. The number of carbonyl (C=O) groups excluding carboxylic acids is 1. The van der Waals surface area contributed by atoms with Gasteiger partial charge in [-0.05, 0) is 41.8 Å². The summed E-state index contributed by atoms with van der Waals surface area (Å²) in [7, 11) is 4.80. The minimum Gasteiger partial charge on any atom is -0.503 e. The van der Waals surface area contributed by atoms with Crippen molar-refractivity contribution in [1.82, 2.24) is 19.2 Å². The number of carbonyl (C=O) groups is 1. The minimum absolute atomic E-state index is 0.288. The largest absolute Gasteiger partial charge is 0.503 e. The Morgan fingerprint density at radius 3 is 2.69 bits per heavy atom. The number of fused-ring (bicyclic) bond motifs is 1. The van der Waals surface area contributed by atoms with Crippen molar-refractivity contribution >= 4 is 17.3 Å². The van der Waals surface area contributed by atoms with Crippen molar-refractivity contribution in [3.05, 3.63) is 77.9 Å². The zero-order valence-corrected chi connectivity index (χ0v) is 18.4. The molecule has 4 aromatic rings. The zero-order chi connectivity index (χ0) is 22.7. The molecule has 32 heavy (non-hydrogen) atoms. The van der Waals surface area contributed by atoms with Gasteiger partial charge in [-0.25, -0.2) is 9.31 Å². The fourth-order valence-corrected chi connectivity index (χ4v) is 3.64. The number of methoxy groups -OCH3 is 2. The Hall–Kier alpha value is -4.07. The lowest BCUT2D eigenvalue weighted by Gasteiger charge is -2.14. The van der Waals surface area contributed by atoms with Gasteiger partial charge in [0.1, 0.15) is 24.3 Å². The predicted molar refractivity (Wildman–Crippen MR) is 120 cm³/mol. The number of esters is 1. The number of hydrogen-bond donors (Lipinski definition) is 0. The molecule has 0 N–H and O–H groups in total.